The van der Waals surface area contributed by atoms with Crippen LogP contribution in [0.2, 0.25) is 0 Å². The van der Waals surface area contributed by atoms with Crippen LogP contribution in [-0.4, -0.2) is 47.6 Å². The second-order valence-electron chi connectivity index (χ2n) is 7.02. The lowest BCUT2D eigenvalue weighted by Crippen LogP contribution is -2.70. The molecule has 2 amide bonds. The fourth-order valence-corrected chi connectivity index (χ4v) is 3.27. The normalized spacial score (nSPS) is 26.1. The number of hydrogen-bond acceptors (Lipinski definition) is 3. The molecule has 5 nitrogen and oxygen atoms in total. The fourth-order valence-electron chi connectivity index (χ4n) is 3.27. The van der Waals surface area contributed by atoms with Gasteiger partial charge in [0.25, 0.3) is 0 Å². The van der Waals surface area contributed by atoms with Gasteiger partial charge >= 0.3 is 0 Å². The fraction of sp³-hybridized carbons (Fsp3) is 0.875. The molecule has 5 heteroatoms. The number of nitrogens with one attached hydrogen (secondary N) is 1. The van der Waals surface area contributed by atoms with Crippen molar-refractivity contribution >= 4 is 11.8 Å². The maximum Gasteiger partial charge on any atom is 0.248 e. The van der Waals surface area contributed by atoms with E-state index < -0.39 is 11.6 Å². The van der Waals surface area contributed by atoms with Crippen molar-refractivity contribution in [2.24, 2.45) is 0 Å². The van der Waals surface area contributed by atoms with Gasteiger partial charge in [-0.3, -0.25) is 9.59 Å². The predicted octanol–water partition coefficient (Wildman–Crippen LogP) is 1.85. The molecule has 0 aromatic rings. The number of hydrogen-bond donors (Lipinski definition) is 1. The largest absolute Gasteiger partial charge is 0.379 e. The highest BCUT2D eigenvalue weighted by Crippen LogP contribution is 2.33. The van der Waals surface area contributed by atoms with Gasteiger partial charge in [-0.25, -0.2) is 0 Å². The third-order valence-electron chi connectivity index (χ3n) is 5.09. The molecule has 1 saturated carbocycles. The van der Waals surface area contributed by atoms with E-state index in [0.29, 0.717) is 6.54 Å². The average Bonchev–Trinajstić information content (AvgIpc) is 2.46. The molecule has 2 rings (SSSR count). The van der Waals surface area contributed by atoms with Crippen molar-refractivity contribution in [3.05, 3.63) is 0 Å². The van der Waals surface area contributed by atoms with E-state index in [2.05, 4.69) is 5.32 Å². The Morgan fingerprint density at radius 2 is 1.90 bits per heavy atom. The molecule has 2 fully saturated rings. The number of carbonyl (C=O) groups is 2. The van der Waals surface area contributed by atoms with E-state index in [1.54, 1.807) is 12.0 Å². The van der Waals surface area contributed by atoms with Crippen LogP contribution in [0.3, 0.4) is 0 Å². The first-order valence-corrected chi connectivity index (χ1v) is 8.00. The van der Waals surface area contributed by atoms with Gasteiger partial charge in [-0.05, 0) is 40.0 Å². The van der Waals surface area contributed by atoms with Gasteiger partial charge in [-0.1, -0.05) is 19.3 Å². The molecule has 1 N–H and O–H groups in total. The summed E-state index contributed by atoms with van der Waals surface area (Å²) < 4.78 is 5.42. The molecule has 1 saturated heterocycles. The molecular weight excluding hydrogens is 268 g/mol. The van der Waals surface area contributed by atoms with E-state index in [-0.39, 0.29) is 17.4 Å². The summed E-state index contributed by atoms with van der Waals surface area (Å²) in [6.07, 6.45) is 5.44. The second-order valence-corrected chi connectivity index (χ2v) is 7.02. The summed E-state index contributed by atoms with van der Waals surface area (Å²) in [5.74, 6) is 0.0768. The Kier molecular flexibility index (Phi) is 4.61. The van der Waals surface area contributed by atoms with Crippen LogP contribution < -0.4 is 5.32 Å². The van der Waals surface area contributed by atoms with Crippen LogP contribution in [0, 0.1) is 0 Å². The highest BCUT2D eigenvalue weighted by Gasteiger charge is 2.49. The number of nitrogens with zero attached hydrogens (tertiary/aromatic N) is 1. The van der Waals surface area contributed by atoms with E-state index in [1.807, 2.05) is 20.8 Å². The molecule has 0 aromatic carbocycles. The SMILES string of the molecule is COC(C)(C)CCN1C(=O)C2(CCCCC2)NC(=O)C1C. The third kappa shape index (κ3) is 3.23. The molecule has 0 aromatic heterocycles. The monoisotopic (exact) mass is 296 g/mol. The molecule has 1 spiro atoms. The van der Waals surface area contributed by atoms with E-state index >= 15 is 0 Å². The van der Waals surface area contributed by atoms with Gasteiger partial charge in [0.2, 0.25) is 11.8 Å². The Morgan fingerprint density at radius 1 is 1.29 bits per heavy atom. The lowest BCUT2D eigenvalue weighted by Gasteiger charge is -2.47. The van der Waals surface area contributed by atoms with Crippen LogP contribution in [0.1, 0.15) is 59.3 Å². The maximum absolute atomic E-state index is 12.9. The van der Waals surface area contributed by atoms with Crippen LogP contribution >= 0.6 is 0 Å². The van der Waals surface area contributed by atoms with Crippen molar-refractivity contribution in [3.63, 3.8) is 0 Å². The summed E-state index contributed by atoms with van der Waals surface area (Å²) in [6, 6.07) is -0.391. The first-order chi connectivity index (χ1) is 9.81. The molecule has 1 atom stereocenters. The Bertz CT molecular complexity index is 414. The van der Waals surface area contributed by atoms with Crippen molar-refractivity contribution in [2.75, 3.05) is 13.7 Å². The van der Waals surface area contributed by atoms with E-state index in [9.17, 15) is 9.59 Å². The summed E-state index contributed by atoms with van der Waals surface area (Å²) in [7, 11) is 1.68. The standard InChI is InChI=1S/C16H28N2O3/c1-12-13(19)17-16(8-6-5-7-9-16)14(20)18(12)11-10-15(2,3)21-4/h12H,5-11H2,1-4H3,(H,17,19). The Balaban J connectivity index is 2.14. The molecule has 1 aliphatic heterocycles. The van der Waals surface area contributed by atoms with Gasteiger partial charge < -0.3 is 15.0 Å². The van der Waals surface area contributed by atoms with E-state index in [1.165, 1.54) is 0 Å². The highest BCUT2D eigenvalue weighted by atomic mass is 16.5. The topological polar surface area (TPSA) is 58.6 Å². The zero-order valence-electron chi connectivity index (χ0n) is 13.7. The number of amides is 2. The molecule has 0 radical (unpaired) electrons. The first kappa shape index (κ1) is 16.3. The number of ether oxygens (including phenoxy) is 1. The molecular formula is C16H28N2O3. The summed E-state index contributed by atoms with van der Waals surface area (Å²) in [5, 5.41) is 3.01. The number of rotatable bonds is 4. The number of methoxy groups -OCH3 is 1. The van der Waals surface area contributed by atoms with Crippen LogP contribution in [0.5, 0.6) is 0 Å². The van der Waals surface area contributed by atoms with Gasteiger partial charge in [0.15, 0.2) is 0 Å². The summed E-state index contributed by atoms with van der Waals surface area (Å²) in [6.45, 7) is 6.38. The minimum absolute atomic E-state index is 0.0216. The molecule has 21 heavy (non-hydrogen) atoms. The van der Waals surface area contributed by atoms with Gasteiger partial charge in [0.1, 0.15) is 11.6 Å². The lowest BCUT2D eigenvalue weighted by atomic mass is 9.78. The quantitative estimate of drug-likeness (QED) is 0.861. The lowest BCUT2D eigenvalue weighted by molar-refractivity contribution is -0.156. The Hall–Kier alpha value is -1.10. The summed E-state index contributed by atoms with van der Waals surface area (Å²) >= 11 is 0. The second kappa shape index (κ2) is 5.95. The van der Waals surface area contributed by atoms with Crippen molar-refractivity contribution < 1.29 is 14.3 Å². The zero-order chi connectivity index (χ0) is 15.7. The van der Waals surface area contributed by atoms with Crippen molar-refractivity contribution in [3.8, 4) is 0 Å². The third-order valence-corrected chi connectivity index (χ3v) is 5.09. The van der Waals surface area contributed by atoms with Crippen molar-refractivity contribution in [1.29, 1.82) is 0 Å². The highest BCUT2D eigenvalue weighted by molar-refractivity contribution is 5.99. The molecule has 1 aliphatic carbocycles. The Morgan fingerprint density at radius 3 is 2.48 bits per heavy atom. The van der Waals surface area contributed by atoms with Crippen molar-refractivity contribution in [2.45, 2.75) is 76.5 Å². The summed E-state index contributed by atoms with van der Waals surface area (Å²) in [4.78, 5) is 27.0. The van der Waals surface area contributed by atoms with E-state index in [0.717, 1.165) is 38.5 Å². The number of carbonyl (C=O) groups excluding carboxylic acids is 2. The molecule has 2 aliphatic rings. The average molecular weight is 296 g/mol. The molecule has 120 valence electrons. The molecule has 1 unspecified atom stereocenters. The van der Waals surface area contributed by atoms with Crippen LogP contribution in [0.15, 0.2) is 0 Å². The summed E-state index contributed by atoms with van der Waals surface area (Å²) in [5.41, 5.74) is -0.924. The van der Waals surface area contributed by atoms with Crippen molar-refractivity contribution in [1.82, 2.24) is 10.2 Å². The first-order valence-electron chi connectivity index (χ1n) is 8.00. The molecule has 1 heterocycles. The number of piperazine rings is 1. The van der Waals surface area contributed by atoms with Gasteiger partial charge in [-0.15, -0.1) is 0 Å². The smallest absolute Gasteiger partial charge is 0.248 e. The van der Waals surface area contributed by atoms with Gasteiger partial charge in [0, 0.05) is 13.7 Å². The Labute approximate surface area is 127 Å². The van der Waals surface area contributed by atoms with Crippen LogP contribution in [0.4, 0.5) is 0 Å². The van der Waals surface area contributed by atoms with Gasteiger partial charge in [-0.2, -0.15) is 0 Å². The van der Waals surface area contributed by atoms with E-state index in [4.69, 9.17) is 4.74 Å². The van der Waals surface area contributed by atoms with Crippen LogP contribution in [0.25, 0.3) is 0 Å². The maximum atomic E-state index is 12.9. The molecule has 0 bridgehead atoms. The predicted molar refractivity (Wildman–Crippen MR) is 80.8 cm³/mol. The van der Waals surface area contributed by atoms with Gasteiger partial charge in [0.05, 0.1) is 5.60 Å². The van der Waals surface area contributed by atoms with Crippen LogP contribution in [-0.2, 0) is 14.3 Å². The zero-order valence-corrected chi connectivity index (χ0v) is 13.7. The minimum atomic E-state index is -0.640. The minimum Gasteiger partial charge on any atom is -0.379 e.